The number of benzene rings is 3. The van der Waals surface area contributed by atoms with E-state index in [-0.39, 0.29) is 5.91 Å². The summed E-state index contributed by atoms with van der Waals surface area (Å²) in [5.74, 6) is 1.85. The van der Waals surface area contributed by atoms with E-state index in [4.69, 9.17) is 9.72 Å². The van der Waals surface area contributed by atoms with Gasteiger partial charge in [-0.15, -0.1) is 0 Å². The minimum atomic E-state index is -0.0477. The predicted octanol–water partition coefficient (Wildman–Crippen LogP) is 5.32. The van der Waals surface area contributed by atoms with Crippen LogP contribution in [-0.2, 0) is 13.0 Å². The van der Waals surface area contributed by atoms with Gasteiger partial charge in [-0.1, -0.05) is 48.0 Å². The summed E-state index contributed by atoms with van der Waals surface area (Å²) in [5, 5.41) is 3.05. The van der Waals surface area contributed by atoms with Gasteiger partial charge in [-0.25, -0.2) is 4.98 Å². The highest BCUT2D eigenvalue weighted by atomic mass is 16.5. The molecule has 1 N–H and O–H groups in total. The van der Waals surface area contributed by atoms with E-state index in [2.05, 4.69) is 41.9 Å². The molecule has 0 radical (unpaired) electrons. The van der Waals surface area contributed by atoms with Gasteiger partial charge in [0.1, 0.15) is 18.2 Å². The van der Waals surface area contributed by atoms with Crippen molar-refractivity contribution in [3.63, 3.8) is 0 Å². The van der Waals surface area contributed by atoms with Crippen LogP contribution in [0.3, 0.4) is 0 Å². The molecule has 0 fully saturated rings. The molecule has 1 amide bonds. The molecule has 5 nitrogen and oxygen atoms in total. The van der Waals surface area contributed by atoms with Crippen LogP contribution >= 0.6 is 0 Å². The van der Waals surface area contributed by atoms with Crippen molar-refractivity contribution in [2.75, 3.05) is 13.2 Å². The molecule has 0 saturated heterocycles. The first-order valence-electron chi connectivity index (χ1n) is 11.4. The molecular weight excluding hydrogens is 410 g/mol. The van der Waals surface area contributed by atoms with Gasteiger partial charge in [-0.2, -0.15) is 0 Å². The van der Waals surface area contributed by atoms with Crippen LogP contribution in [0.25, 0.3) is 11.0 Å². The molecule has 5 heteroatoms. The number of fused-ring (bicyclic) bond motifs is 1. The van der Waals surface area contributed by atoms with E-state index >= 15 is 0 Å². The van der Waals surface area contributed by atoms with Gasteiger partial charge >= 0.3 is 0 Å². The second kappa shape index (κ2) is 9.90. The lowest BCUT2D eigenvalue weighted by Gasteiger charge is -2.14. The molecule has 0 aliphatic heterocycles. The minimum Gasteiger partial charge on any atom is -0.491 e. The zero-order valence-electron chi connectivity index (χ0n) is 19.8. The first-order chi connectivity index (χ1) is 15.9. The highest BCUT2D eigenvalue weighted by molar-refractivity contribution is 5.95. The fraction of sp³-hybridized carbons (Fsp3) is 0.286. The maximum atomic E-state index is 12.7. The van der Waals surface area contributed by atoms with Crippen LogP contribution < -0.4 is 10.1 Å². The average molecular weight is 442 g/mol. The Morgan fingerprint density at radius 1 is 0.939 bits per heavy atom. The summed E-state index contributed by atoms with van der Waals surface area (Å²) in [6.07, 6.45) is 0.648. The largest absolute Gasteiger partial charge is 0.491 e. The molecule has 33 heavy (non-hydrogen) atoms. The van der Waals surface area contributed by atoms with E-state index in [9.17, 15) is 4.79 Å². The fourth-order valence-electron chi connectivity index (χ4n) is 4.28. The number of carbonyl (C=O) groups is 1. The highest BCUT2D eigenvalue weighted by Gasteiger charge is 2.13. The summed E-state index contributed by atoms with van der Waals surface area (Å²) in [6.45, 7) is 9.90. The van der Waals surface area contributed by atoms with E-state index in [0.29, 0.717) is 26.1 Å². The number of aromatic nitrogens is 2. The molecule has 1 heterocycles. The molecule has 170 valence electrons. The maximum Gasteiger partial charge on any atom is 0.251 e. The van der Waals surface area contributed by atoms with Gasteiger partial charge < -0.3 is 14.6 Å². The summed E-state index contributed by atoms with van der Waals surface area (Å²) in [6, 6.07) is 20.2. The van der Waals surface area contributed by atoms with Crippen LogP contribution in [0.15, 0.2) is 60.7 Å². The molecule has 0 aliphatic rings. The number of nitrogens with zero attached hydrogens (tertiary/aromatic N) is 2. The van der Waals surface area contributed by atoms with Crippen molar-refractivity contribution in [2.24, 2.45) is 0 Å². The van der Waals surface area contributed by atoms with Gasteiger partial charge in [-0.05, 0) is 62.6 Å². The topological polar surface area (TPSA) is 56.2 Å². The molecule has 0 aliphatic carbocycles. The lowest BCUT2D eigenvalue weighted by Crippen LogP contribution is -2.27. The van der Waals surface area contributed by atoms with Gasteiger partial charge in [0, 0.05) is 18.5 Å². The van der Waals surface area contributed by atoms with Crippen molar-refractivity contribution in [3.05, 3.63) is 94.3 Å². The highest BCUT2D eigenvalue weighted by Crippen LogP contribution is 2.23. The van der Waals surface area contributed by atoms with Crippen molar-refractivity contribution in [1.82, 2.24) is 14.9 Å². The van der Waals surface area contributed by atoms with Gasteiger partial charge in [0.25, 0.3) is 5.91 Å². The molecule has 4 aromatic rings. The first-order valence-corrected chi connectivity index (χ1v) is 11.4. The number of ether oxygens (including phenoxy) is 1. The molecule has 0 bridgehead atoms. The van der Waals surface area contributed by atoms with Crippen molar-refractivity contribution in [3.8, 4) is 5.75 Å². The Kier molecular flexibility index (Phi) is 6.78. The number of amides is 1. The van der Waals surface area contributed by atoms with Crippen molar-refractivity contribution < 1.29 is 9.53 Å². The lowest BCUT2D eigenvalue weighted by molar-refractivity contribution is 0.0953. The average Bonchev–Trinajstić information content (AvgIpc) is 3.13. The molecule has 0 unspecified atom stereocenters. The summed E-state index contributed by atoms with van der Waals surface area (Å²) in [5.41, 5.74) is 7.18. The van der Waals surface area contributed by atoms with Gasteiger partial charge in [0.05, 0.1) is 17.6 Å². The zero-order chi connectivity index (χ0) is 23.4. The number of aryl methyl sites for hydroxylation is 4. The van der Waals surface area contributed by atoms with Crippen molar-refractivity contribution in [2.45, 2.75) is 40.7 Å². The Morgan fingerprint density at radius 2 is 1.70 bits per heavy atom. The number of hydrogen-bond acceptors (Lipinski definition) is 3. The molecule has 3 aromatic carbocycles. The molecule has 0 saturated carbocycles. The lowest BCUT2D eigenvalue weighted by atomic mass is 10.1. The number of carbonyl (C=O) groups excluding carboxylic acids is 1. The van der Waals surface area contributed by atoms with E-state index in [0.717, 1.165) is 50.4 Å². The van der Waals surface area contributed by atoms with Crippen LogP contribution in [0.5, 0.6) is 5.75 Å². The SMILES string of the molecule is Cc1ccc(C(=O)NCCc2nc3ccccc3n2CCOc2c(C)cccc2C)c(C)c1. The second-order valence-electron chi connectivity index (χ2n) is 8.56. The number of nitrogens with one attached hydrogen (secondary N) is 1. The Morgan fingerprint density at radius 3 is 2.45 bits per heavy atom. The smallest absolute Gasteiger partial charge is 0.251 e. The number of imidazole rings is 1. The standard InChI is InChI=1S/C28H31N3O2/c1-19-12-13-23(22(4)18-19)28(32)29-15-14-26-30-24-10-5-6-11-25(24)31(26)16-17-33-27-20(2)8-7-9-21(27)3/h5-13,18H,14-17H2,1-4H3,(H,29,32). The van der Waals surface area contributed by atoms with E-state index in [1.165, 1.54) is 0 Å². The third-order valence-electron chi connectivity index (χ3n) is 5.96. The Hall–Kier alpha value is -3.60. The summed E-state index contributed by atoms with van der Waals surface area (Å²) >= 11 is 0. The summed E-state index contributed by atoms with van der Waals surface area (Å²) in [4.78, 5) is 17.5. The van der Waals surface area contributed by atoms with Gasteiger partial charge in [0.2, 0.25) is 0 Å². The maximum absolute atomic E-state index is 12.7. The molecule has 4 rings (SSSR count). The predicted molar refractivity (Wildman–Crippen MR) is 133 cm³/mol. The first kappa shape index (κ1) is 22.6. The van der Waals surface area contributed by atoms with Crippen molar-refractivity contribution in [1.29, 1.82) is 0 Å². The number of rotatable bonds is 8. The Labute approximate surface area is 195 Å². The molecule has 1 aromatic heterocycles. The van der Waals surface area contributed by atoms with Crippen LogP contribution in [0.1, 0.15) is 38.4 Å². The third-order valence-corrected chi connectivity index (χ3v) is 5.96. The number of para-hydroxylation sites is 3. The fourth-order valence-corrected chi connectivity index (χ4v) is 4.28. The van der Waals surface area contributed by atoms with Crippen LogP contribution in [0, 0.1) is 27.7 Å². The third kappa shape index (κ3) is 5.08. The van der Waals surface area contributed by atoms with E-state index < -0.39 is 0 Å². The molecular formula is C28H31N3O2. The minimum absolute atomic E-state index is 0.0477. The summed E-state index contributed by atoms with van der Waals surface area (Å²) < 4.78 is 8.35. The quantitative estimate of drug-likeness (QED) is 0.403. The van der Waals surface area contributed by atoms with Gasteiger partial charge in [0.15, 0.2) is 0 Å². The normalized spacial score (nSPS) is 11.0. The Bertz CT molecular complexity index is 1270. The van der Waals surface area contributed by atoms with Crippen LogP contribution in [0.2, 0.25) is 0 Å². The van der Waals surface area contributed by atoms with Crippen LogP contribution in [0.4, 0.5) is 0 Å². The number of hydrogen-bond donors (Lipinski definition) is 1. The second-order valence-corrected chi connectivity index (χ2v) is 8.56. The molecule has 0 spiro atoms. The Balaban J connectivity index is 1.45. The van der Waals surface area contributed by atoms with Crippen LogP contribution in [-0.4, -0.2) is 28.6 Å². The summed E-state index contributed by atoms with van der Waals surface area (Å²) in [7, 11) is 0. The van der Waals surface area contributed by atoms with Crippen molar-refractivity contribution >= 4 is 16.9 Å². The van der Waals surface area contributed by atoms with E-state index in [1.54, 1.807) is 0 Å². The van der Waals surface area contributed by atoms with Gasteiger partial charge in [-0.3, -0.25) is 4.79 Å². The zero-order valence-corrected chi connectivity index (χ0v) is 19.8. The van der Waals surface area contributed by atoms with E-state index in [1.807, 2.05) is 56.3 Å². The molecule has 0 atom stereocenters. The monoisotopic (exact) mass is 441 g/mol.